The van der Waals surface area contributed by atoms with E-state index >= 15 is 0 Å². The van der Waals surface area contributed by atoms with E-state index in [2.05, 4.69) is 12.0 Å². The number of nitrogens with zero attached hydrogens (tertiary/aromatic N) is 1. The highest BCUT2D eigenvalue weighted by Crippen LogP contribution is 2.16. The Kier molecular flexibility index (Phi) is 7.06. The number of benzene rings is 2. The molecule has 0 spiro atoms. The maximum Gasteiger partial charge on any atom is 0.270 e. The standard InChI is InChI=1S/C22H25NO2S/c1-4-5-16-23(26(24,25)22-13-11-19(2)12-14-22)17-15-20(3)18-21-9-7-6-8-10-21/h6-14,18H,4-5,16H2,1-3H3/b20-18+. The molecule has 0 aromatic heterocycles. The summed E-state index contributed by atoms with van der Waals surface area (Å²) in [4.78, 5) is 0.276. The van der Waals surface area contributed by atoms with Crippen molar-refractivity contribution in [2.24, 2.45) is 0 Å². The van der Waals surface area contributed by atoms with Crippen molar-refractivity contribution in [3.05, 3.63) is 71.3 Å². The Bertz CT molecular complexity index is 902. The molecule has 3 nitrogen and oxygen atoms in total. The van der Waals surface area contributed by atoms with Crippen molar-refractivity contribution in [2.45, 2.75) is 38.5 Å². The normalized spacial score (nSPS) is 11.6. The van der Waals surface area contributed by atoms with Crippen LogP contribution in [-0.2, 0) is 10.0 Å². The Morgan fingerprint density at radius 3 is 2.35 bits per heavy atom. The highest BCUT2D eigenvalue weighted by Gasteiger charge is 2.21. The molecule has 0 radical (unpaired) electrons. The van der Waals surface area contributed by atoms with Crippen LogP contribution in [0.3, 0.4) is 0 Å². The van der Waals surface area contributed by atoms with Crippen LogP contribution in [0.1, 0.15) is 37.8 Å². The van der Waals surface area contributed by atoms with Gasteiger partial charge in [0.05, 0.1) is 4.90 Å². The molecule has 0 atom stereocenters. The molecule has 0 aliphatic rings. The molecule has 4 heteroatoms. The van der Waals surface area contributed by atoms with Gasteiger partial charge in [-0.3, -0.25) is 0 Å². The Labute approximate surface area is 157 Å². The summed E-state index contributed by atoms with van der Waals surface area (Å²) in [6, 6.07) is 19.6. The molecule has 0 N–H and O–H groups in total. The fourth-order valence-electron chi connectivity index (χ4n) is 2.36. The fourth-order valence-corrected chi connectivity index (χ4v) is 3.63. The summed E-state index contributed by atoms with van der Waals surface area (Å²) in [5, 5.41) is 0. The summed E-state index contributed by atoms with van der Waals surface area (Å²) in [5.41, 5.74) is 2.88. The fraction of sp³-hybridized carbons (Fsp3) is 0.273. The van der Waals surface area contributed by atoms with Crippen LogP contribution in [0.2, 0.25) is 0 Å². The molecule has 0 amide bonds. The van der Waals surface area contributed by atoms with Crippen molar-refractivity contribution >= 4 is 16.1 Å². The van der Waals surface area contributed by atoms with Gasteiger partial charge in [0.25, 0.3) is 10.0 Å². The summed E-state index contributed by atoms with van der Waals surface area (Å²) < 4.78 is 27.1. The first-order chi connectivity index (χ1) is 12.4. The van der Waals surface area contributed by atoms with Crippen LogP contribution in [0.15, 0.2) is 65.1 Å². The number of unbranched alkanes of at least 4 members (excludes halogenated alkanes) is 1. The van der Waals surface area contributed by atoms with Crippen molar-refractivity contribution < 1.29 is 8.42 Å². The van der Waals surface area contributed by atoms with Gasteiger partial charge in [0, 0.05) is 18.2 Å². The van der Waals surface area contributed by atoms with Crippen molar-refractivity contribution in [1.29, 1.82) is 0 Å². The van der Waals surface area contributed by atoms with E-state index in [1.54, 1.807) is 24.3 Å². The predicted molar refractivity (Wildman–Crippen MR) is 108 cm³/mol. The smallest absolute Gasteiger partial charge is 0.224 e. The molecular weight excluding hydrogens is 342 g/mol. The lowest BCUT2D eigenvalue weighted by Crippen LogP contribution is -2.27. The second-order valence-corrected chi connectivity index (χ2v) is 8.08. The van der Waals surface area contributed by atoms with Crippen molar-refractivity contribution in [3.63, 3.8) is 0 Å². The van der Waals surface area contributed by atoms with E-state index in [4.69, 9.17) is 0 Å². The number of aryl methyl sites for hydroxylation is 1. The first-order valence-electron chi connectivity index (χ1n) is 8.78. The van der Waals surface area contributed by atoms with Crippen LogP contribution in [0.25, 0.3) is 6.08 Å². The lowest BCUT2D eigenvalue weighted by molar-refractivity contribution is 0.500. The van der Waals surface area contributed by atoms with E-state index in [0.717, 1.165) is 29.5 Å². The van der Waals surface area contributed by atoms with Gasteiger partial charge in [-0.05, 0) is 50.0 Å². The molecule has 0 bridgehead atoms. The van der Waals surface area contributed by atoms with E-state index in [1.165, 1.54) is 4.31 Å². The Hall–Kier alpha value is -2.51. The molecule has 0 unspecified atom stereocenters. The molecule has 2 aromatic rings. The molecule has 0 aliphatic carbocycles. The molecular formula is C22H25NO2S. The van der Waals surface area contributed by atoms with Gasteiger partial charge in [-0.2, -0.15) is 0 Å². The molecule has 2 rings (SSSR count). The van der Waals surface area contributed by atoms with Gasteiger partial charge in [-0.1, -0.05) is 61.4 Å². The second kappa shape index (κ2) is 9.26. The molecule has 136 valence electrons. The summed E-state index contributed by atoms with van der Waals surface area (Å²) in [6.07, 6.45) is 3.62. The molecule has 0 heterocycles. The van der Waals surface area contributed by atoms with Gasteiger partial charge in [-0.25, -0.2) is 12.7 Å². The van der Waals surface area contributed by atoms with Gasteiger partial charge in [-0.15, -0.1) is 0 Å². The lowest BCUT2D eigenvalue weighted by Gasteiger charge is -2.17. The highest BCUT2D eigenvalue weighted by atomic mass is 32.2. The van der Waals surface area contributed by atoms with E-state index in [-0.39, 0.29) is 4.90 Å². The van der Waals surface area contributed by atoms with Crippen LogP contribution >= 0.6 is 0 Å². The van der Waals surface area contributed by atoms with Crippen LogP contribution in [-0.4, -0.2) is 19.3 Å². The molecule has 0 saturated heterocycles. The zero-order valence-corrected chi connectivity index (χ0v) is 16.4. The third kappa shape index (κ3) is 5.50. The van der Waals surface area contributed by atoms with Gasteiger partial charge < -0.3 is 0 Å². The maximum absolute atomic E-state index is 12.9. The minimum Gasteiger partial charge on any atom is -0.224 e. The molecule has 26 heavy (non-hydrogen) atoms. The molecule has 0 saturated carbocycles. The number of hydrogen-bond donors (Lipinski definition) is 0. The molecule has 2 aromatic carbocycles. The van der Waals surface area contributed by atoms with Gasteiger partial charge in [0.15, 0.2) is 0 Å². The quantitative estimate of drug-likeness (QED) is 0.541. The molecule has 0 fully saturated rings. The first kappa shape index (κ1) is 19.8. The van der Waals surface area contributed by atoms with Crippen LogP contribution in [0.5, 0.6) is 0 Å². The third-order valence-corrected chi connectivity index (χ3v) is 5.61. The van der Waals surface area contributed by atoms with Gasteiger partial charge >= 0.3 is 0 Å². The minimum atomic E-state index is -3.63. The SMILES string of the molecule is CCCCN(C#C/C(C)=C/c1ccccc1)S(=O)(=O)c1ccc(C)cc1. The Balaban J connectivity index is 2.30. The zero-order valence-electron chi connectivity index (χ0n) is 15.6. The van der Waals surface area contributed by atoms with E-state index in [0.29, 0.717) is 6.54 Å². The average molecular weight is 368 g/mol. The van der Waals surface area contributed by atoms with Crippen molar-refractivity contribution in [2.75, 3.05) is 6.54 Å². The summed E-state index contributed by atoms with van der Waals surface area (Å²) in [5.74, 6) is 2.99. The first-order valence-corrected chi connectivity index (χ1v) is 10.2. The predicted octanol–water partition coefficient (Wildman–Crippen LogP) is 4.85. The van der Waals surface area contributed by atoms with Crippen LogP contribution in [0, 0.1) is 18.9 Å². The van der Waals surface area contributed by atoms with Crippen molar-refractivity contribution in [3.8, 4) is 12.0 Å². The zero-order chi connectivity index (χ0) is 19.0. The summed E-state index contributed by atoms with van der Waals surface area (Å²) in [7, 11) is -3.63. The second-order valence-electron chi connectivity index (χ2n) is 6.22. The molecule has 0 aliphatic heterocycles. The average Bonchev–Trinajstić information content (AvgIpc) is 2.62. The summed E-state index contributed by atoms with van der Waals surface area (Å²) in [6.45, 7) is 6.24. The van der Waals surface area contributed by atoms with Gasteiger partial charge in [0.1, 0.15) is 0 Å². The third-order valence-electron chi connectivity index (χ3n) is 3.88. The largest absolute Gasteiger partial charge is 0.270 e. The maximum atomic E-state index is 12.9. The lowest BCUT2D eigenvalue weighted by atomic mass is 10.1. The Morgan fingerprint density at radius 2 is 1.73 bits per heavy atom. The number of rotatable bonds is 6. The van der Waals surface area contributed by atoms with E-state index in [1.807, 2.05) is 57.2 Å². The monoisotopic (exact) mass is 367 g/mol. The van der Waals surface area contributed by atoms with E-state index < -0.39 is 10.0 Å². The number of allylic oxidation sites excluding steroid dienone is 1. The Morgan fingerprint density at radius 1 is 1.08 bits per heavy atom. The number of sulfonamides is 1. The summed E-state index contributed by atoms with van der Waals surface area (Å²) >= 11 is 0. The van der Waals surface area contributed by atoms with Crippen LogP contribution in [0.4, 0.5) is 0 Å². The van der Waals surface area contributed by atoms with Crippen LogP contribution < -0.4 is 0 Å². The number of hydrogen-bond acceptors (Lipinski definition) is 2. The van der Waals surface area contributed by atoms with Crippen molar-refractivity contribution in [1.82, 2.24) is 4.31 Å². The van der Waals surface area contributed by atoms with Gasteiger partial charge in [0.2, 0.25) is 0 Å². The topological polar surface area (TPSA) is 37.4 Å². The highest BCUT2D eigenvalue weighted by molar-refractivity contribution is 7.89. The van der Waals surface area contributed by atoms with E-state index in [9.17, 15) is 8.42 Å². The minimum absolute atomic E-state index is 0.276.